The first-order valence-corrected chi connectivity index (χ1v) is 6.50. The summed E-state index contributed by atoms with van der Waals surface area (Å²) in [6, 6.07) is 6.85. The van der Waals surface area contributed by atoms with E-state index in [0.717, 1.165) is 10.6 Å². The molecule has 0 bridgehead atoms. The zero-order chi connectivity index (χ0) is 16.4. The second-order valence-corrected chi connectivity index (χ2v) is 4.07. The summed E-state index contributed by atoms with van der Waals surface area (Å²) >= 11 is 0. The van der Waals surface area contributed by atoms with Gasteiger partial charge in [-0.3, -0.25) is 0 Å². The van der Waals surface area contributed by atoms with Gasteiger partial charge in [0, 0.05) is 6.08 Å². The molecule has 0 saturated carbocycles. The van der Waals surface area contributed by atoms with Crippen LogP contribution in [0.5, 0.6) is 0 Å². The average molecular weight is 304 g/mol. The molecule has 0 aromatic heterocycles. The third-order valence-electron chi connectivity index (χ3n) is 2.51. The first-order valence-electron chi connectivity index (χ1n) is 6.50. The number of hydrazone groups is 1. The molecule has 1 rings (SSSR count). The Hall–Kier alpha value is -2.92. The highest BCUT2D eigenvalue weighted by atomic mass is 16.6. The first-order chi connectivity index (χ1) is 10.6. The smallest absolute Gasteiger partial charge is 0.436 e. The largest absolute Gasteiger partial charge is 0.459 e. The van der Waals surface area contributed by atoms with Gasteiger partial charge >= 0.3 is 12.1 Å². The van der Waals surface area contributed by atoms with E-state index < -0.39 is 12.1 Å². The van der Waals surface area contributed by atoms with Crippen molar-refractivity contribution in [2.45, 2.75) is 13.8 Å². The van der Waals surface area contributed by atoms with Gasteiger partial charge in [-0.1, -0.05) is 29.4 Å². The summed E-state index contributed by atoms with van der Waals surface area (Å²) < 4.78 is 9.68. The third-order valence-corrected chi connectivity index (χ3v) is 2.51. The molecule has 0 unspecified atom stereocenters. The molecule has 0 aliphatic heterocycles. The number of allylic oxidation sites excluding steroid dienone is 1. The summed E-state index contributed by atoms with van der Waals surface area (Å²) in [5.41, 5.74) is 1.14. The highest BCUT2D eigenvalue weighted by Gasteiger charge is 2.18. The normalized spacial score (nSPS) is 9.91. The predicted molar refractivity (Wildman–Crippen MR) is 78.9 cm³/mol. The van der Waals surface area contributed by atoms with Gasteiger partial charge in [0.2, 0.25) is 0 Å². The zero-order valence-electron chi connectivity index (χ0n) is 12.3. The van der Waals surface area contributed by atoms with Gasteiger partial charge in [-0.2, -0.15) is 5.01 Å². The lowest BCUT2D eigenvalue weighted by Gasteiger charge is -2.16. The van der Waals surface area contributed by atoms with Crippen LogP contribution in [0.15, 0.2) is 41.5 Å². The number of benzene rings is 1. The van der Waals surface area contributed by atoms with Crippen LogP contribution >= 0.6 is 0 Å². The van der Waals surface area contributed by atoms with Gasteiger partial charge in [-0.15, -0.1) is 0 Å². The molecule has 1 amide bonds. The van der Waals surface area contributed by atoms with Crippen molar-refractivity contribution in [2.75, 3.05) is 18.2 Å². The van der Waals surface area contributed by atoms with Crippen molar-refractivity contribution in [3.05, 3.63) is 42.0 Å². The van der Waals surface area contributed by atoms with Gasteiger partial charge < -0.3 is 9.47 Å². The predicted octanol–water partition coefficient (Wildman–Crippen LogP) is 2.31. The van der Waals surface area contributed by atoms with Gasteiger partial charge in [0.1, 0.15) is 13.2 Å². The fourth-order valence-corrected chi connectivity index (χ4v) is 1.55. The molecule has 0 fully saturated rings. The molecule has 0 aliphatic carbocycles. The van der Waals surface area contributed by atoms with Gasteiger partial charge in [-0.25, -0.2) is 14.4 Å². The lowest BCUT2D eigenvalue weighted by molar-refractivity contribution is -0.138. The Kier molecular flexibility index (Phi) is 7.08. The van der Waals surface area contributed by atoms with E-state index in [1.165, 1.54) is 18.2 Å². The summed E-state index contributed by atoms with van der Waals surface area (Å²) in [6.07, 6.45) is 3.23. The van der Waals surface area contributed by atoms with E-state index in [2.05, 4.69) is 5.10 Å². The maximum Gasteiger partial charge on any atom is 0.436 e. The second-order valence-electron chi connectivity index (χ2n) is 4.07. The Morgan fingerprint density at radius 2 is 1.95 bits per heavy atom. The highest BCUT2D eigenvalue weighted by molar-refractivity contribution is 5.88. The molecule has 1 aromatic rings. The Morgan fingerprint density at radius 3 is 2.59 bits per heavy atom. The van der Waals surface area contributed by atoms with Crippen molar-refractivity contribution in [2.24, 2.45) is 5.10 Å². The van der Waals surface area contributed by atoms with Crippen LogP contribution in [-0.4, -0.2) is 31.4 Å². The van der Waals surface area contributed by atoms with Gasteiger partial charge in [-0.05, 0) is 25.5 Å². The summed E-state index contributed by atoms with van der Waals surface area (Å²) in [7, 11) is 0. The Labute approximate surface area is 127 Å². The van der Waals surface area contributed by atoms with E-state index in [1.54, 1.807) is 38.1 Å². The van der Waals surface area contributed by atoms with Crippen molar-refractivity contribution in [3.8, 4) is 0 Å². The van der Waals surface area contributed by atoms with Crippen molar-refractivity contribution < 1.29 is 23.9 Å². The number of isocyanates is 1. The molecule has 0 aliphatic rings. The molecule has 0 radical (unpaired) electrons. The fourth-order valence-electron chi connectivity index (χ4n) is 1.55. The Morgan fingerprint density at radius 1 is 1.27 bits per heavy atom. The number of amides is 1. The molecule has 7 nitrogen and oxygen atoms in total. The van der Waals surface area contributed by atoms with Crippen LogP contribution in [0, 0.1) is 6.92 Å². The minimum Gasteiger partial charge on any atom is -0.459 e. The van der Waals surface area contributed by atoms with Crippen molar-refractivity contribution in [1.82, 2.24) is 0 Å². The summed E-state index contributed by atoms with van der Waals surface area (Å²) in [6.45, 7) is 3.19. The molecule has 0 heterocycles. The molecule has 116 valence electrons. The molecule has 0 spiro atoms. The average Bonchev–Trinajstić information content (AvgIpc) is 2.50. The van der Waals surface area contributed by atoms with E-state index in [-0.39, 0.29) is 13.2 Å². The number of anilines is 1. The summed E-state index contributed by atoms with van der Waals surface area (Å²) in [5, 5.41) is 4.13. The van der Waals surface area contributed by atoms with Gasteiger partial charge in [0.15, 0.2) is 0 Å². The molecule has 7 heteroatoms. The lowest BCUT2D eigenvalue weighted by Crippen LogP contribution is -2.28. The summed E-state index contributed by atoms with van der Waals surface area (Å²) in [4.78, 5) is 33.5. The molecule has 1 aromatic carbocycles. The number of aryl methyl sites for hydroxylation is 1. The number of esters is 1. The number of carbonyl (C=O) groups is 2. The number of hydrogen-bond donors (Lipinski definition) is 0. The fraction of sp³-hybridized carbons (Fsp3) is 0.267. The van der Waals surface area contributed by atoms with E-state index in [0.29, 0.717) is 5.69 Å². The van der Waals surface area contributed by atoms with Crippen LogP contribution in [0.3, 0.4) is 0 Å². The third kappa shape index (κ3) is 5.22. The topological polar surface area (TPSA) is 85.3 Å². The van der Waals surface area contributed by atoms with E-state index in [4.69, 9.17) is 9.47 Å². The second kappa shape index (κ2) is 9.10. The van der Waals surface area contributed by atoms with Crippen LogP contribution in [0.2, 0.25) is 0 Å². The molecule has 0 saturated heterocycles. The summed E-state index contributed by atoms with van der Waals surface area (Å²) in [5.74, 6) is -0.528. The highest BCUT2D eigenvalue weighted by Crippen LogP contribution is 2.20. The van der Waals surface area contributed by atoms with E-state index >= 15 is 0 Å². The molecular weight excluding hydrogens is 288 g/mol. The lowest BCUT2D eigenvalue weighted by atomic mass is 10.2. The molecule has 22 heavy (non-hydrogen) atoms. The van der Waals surface area contributed by atoms with Crippen molar-refractivity contribution >= 4 is 23.8 Å². The minimum atomic E-state index is -0.861. The van der Waals surface area contributed by atoms with Gasteiger partial charge in [0.05, 0.1) is 5.69 Å². The van der Waals surface area contributed by atoms with Crippen LogP contribution < -0.4 is 5.01 Å². The number of rotatable bonds is 6. The zero-order valence-corrected chi connectivity index (χ0v) is 12.3. The number of hydrogen-bond acceptors (Lipinski definition) is 6. The van der Waals surface area contributed by atoms with E-state index in [1.807, 2.05) is 0 Å². The quantitative estimate of drug-likeness (QED) is 0.201. The standard InChI is InChI=1S/C15H16N2O5/c1-3-6-14(19)21-9-10-22-15(20)17(16-11-18)13-8-5-4-7-12(13)2/h3-8H,9-10H2,1-2H3/b6-3+. The van der Waals surface area contributed by atoms with E-state index in [9.17, 15) is 14.4 Å². The van der Waals surface area contributed by atoms with Gasteiger partial charge in [0.25, 0.3) is 6.08 Å². The number of para-hydroxylation sites is 1. The molecule has 0 N–H and O–H groups in total. The minimum absolute atomic E-state index is 0.0959. The SMILES string of the molecule is C/C=C/C(=O)OCCOC(=O)N(N=C=O)c1ccccc1C. The van der Waals surface area contributed by atoms with Crippen LogP contribution in [0.25, 0.3) is 0 Å². The first kappa shape index (κ1) is 17.1. The maximum atomic E-state index is 11.9. The van der Waals surface area contributed by atoms with Crippen LogP contribution in [-0.2, 0) is 19.1 Å². The van der Waals surface area contributed by atoms with Crippen LogP contribution in [0.4, 0.5) is 10.5 Å². The number of carbonyl (C=O) groups excluding carboxylic acids is 3. The number of ether oxygens (including phenoxy) is 2. The maximum absolute atomic E-state index is 11.9. The number of nitrogens with zero attached hydrogens (tertiary/aromatic N) is 2. The Balaban J connectivity index is 2.62. The molecule has 0 atom stereocenters. The monoisotopic (exact) mass is 304 g/mol. The van der Waals surface area contributed by atoms with Crippen molar-refractivity contribution in [1.29, 1.82) is 0 Å². The van der Waals surface area contributed by atoms with Crippen LogP contribution in [0.1, 0.15) is 12.5 Å². The van der Waals surface area contributed by atoms with Crippen molar-refractivity contribution in [3.63, 3.8) is 0 Å². The molecular formula is C15H16N2O5. The Bertz CT molecular complexity index is 606.